The predicted octanol–water partition coefficient (Wildman–Crippen LogP) is 8.54. The highest BCUT2D eigenvalue weighted by molar-refractivity contribution is 5.90. The average molecular weight is 560 g/mol. The van der Waals surface area contributed by atoms with Gasteiger partial charge in [0.25, 0.3) is 0 Å². The van der Waals surface area contributed by atoms with Crippen LogP contribution in [0.1, 0.15) is 142 Å². The molecule has 6 heteroatoms. The molecule has 2 atom stereocenters. The fourth-order valence-corrected chi connectivity index (χ4v) is 5.75. The third-order valence-electron chi connectivity index (χ3n) is 8.32. The van der Waals surface area contributed by atoms with Crippen molar-refractivity contribution in [3.8, 4) is 0 Å². The summed E-state index contributed by atoms with van der Waals surface area (Å²) in [7, 11) is 0. The number of aromatic nitrogens is 1. The van der Waals surface area contributed by atoms with Crippen LogP contribution < -0.4 is 4.57 Å². The first kappa shape index (κ1) is 34.3. The highest BCUT2D eigenvalue weighted by Crippen LogP contribution is 2.25. The highest BCUT2D eigenvalue weighted by atomic mass is 16.6. The van der Waals surface area contributed by atoms with Crippen molar-refractivity contribution in [2.75, 3.05) is 13.2 Å². The summed E-state index contributed by atoms with van der Waals surface area (Å²) in [5.74, 6) is 0.234. The van der Waals surface area contributed by atoms with Gasteiger partial charge in [0.05, 0.1) is 12.7 Å². The van der Waals surface area contributed by atoms with Gasteiger partial charge in [-0.25, -0.2) is 14.3 Å². The smallest absolute Gasteiger partial charge is 0.417 e. The Balaban J connectivity index is 1.46. The van der Waals surface area contributed by atoms with Gasteiger partial charge in [-0.2, -0.15) is 0 Å². The number of aryl methyl sites for hydroxylation is 1. The molecule has 0 aromatic carbocycles. The molecule has 1 saturated heterocycles. The van der Waals surface area contributed by atoms with Gasteiger partial charge in [0, 0.05) is 19.1 Å². The van der Waals surface area contributed by atoms with E-state index >= 15 is 0 Å². The Morgan fingerprint density at radius 3 is 2.00 bits per heavy atom. The second-order valence-electron chi connectivity index (χ2n) is 11.8. The zero-order valence-electron chi connectivity index (χ0n) is 26.0. The monoisotopic (exact) mass is 559 g/mol. The number of rotatable bonds is 22. The maximum absolute atomic E-state index is 12.7. The normalized spacial score (nSPS) is 16.8. The fourth-order valence-electron chi connectivity index (χ4n) is 5.75. The van der Waals surface area contributed by atoms with Crippen LogP contribution in [0, 0.1) is 5.92 Å². The van der Waals surface area contributed by atoms with Crippen LogP contribution in [0.4, 0.5) is 4.79 Å². The lowest BCUT2D eigenvalue weighted by atomic mass is 9.97. The van der Waals surface area contributed by atoms with Gasteiger partial charge < -0.3 is 9.47 Å². The number of amides is 2. The van der Waals surface area contributed by atoms with Gasteiger partial charge in [-0.3, -0.25) is 4.79 Å². The van der Waals surface area contributed by atoms with Crippen molar-refractivity contribution in [2.45, 2.75) is 156 Å². The summed E-state index contributed by atoms with van der Waals surface area (Å²) in [5.41, 5.74) is 0.896. The van der Waals surface area contributed by atoms with Gasteiger partial charge >= 0.3 is 6.09 Å². The largest absolute Gasteiger partial charge is 0.446 e. The average Bonchev–Trinajstić information content (AvgIpc) is 3.42. The molecule has 1 aliphatic rings. The minimum absolute atomic E-state index is 0.0684. The van der Waals surface area contributed by atoms with Crippen LogP contribution in [0.5, 0.6) is 0 Å². The summed E-state index contributed by atoms with van der Waals surface area (Å²) in [6.45, 7) is 7.66. The molecule has 0 spiro atoms. The molecule has 228 valence electrons. The molecule has 0 radical (unpaired) electrons. The number of hydrogen-bond acceptors (Lipinski definition) is 4. The molecule has 2 amide bonds. The van der Waals surface area contributed by atoms with Gasteiger partial charge in [0.2, 0.25) is 11.6 Å². The number of carbonyl (C=O) groups excluding carboxylic acids is 2. The molecule has 1 aromatic heterocycles. The molecular weight excluding hydrogens is 500 g/mol. The Labute approximate surface area is 245 Å². The van der Waals surface area contributed by atoms with Gasteiger partial charge in [-0.1, -0.05) is 116 Å². The summed E-state index contributed by atoms with van der Waals surface area (Å²) in [6, 6.07) is 5.78. The third-order valence-corrected chi connectivity index (χ3v) is 8.32. The number of carbonyl (C=O) groups is 2. The Morgan fingerprint density at radius 2 is 1.45 bits per heavy atom. The summed E-state index contributed by atoms with van der Waals surface area (Å²) < 4.78 is 13.4. The van der Waals surface area contributed by atoms with E-state index in [0.29, 0.717) is 5.92 Å². The summed E-state index contributed by atoms with van der Waals surface area (Å²) in [6.07, 6.45) is 25.7. The van der Waals surface area contributed by atoms with Crippen LogP contribution in [-0.4, -0.2) is 36.2 Å². The van der Waals surface area contributed by atoms with Crippen molar-refractivity contribution in [3.63, 3.8) is 0 Å². The SMILES string of the molecule is CCCCCCCCCCCCCCCCCCC1COC(COC(=O)N(Cc2cccc[n+]2CC)C(C)=O)C1. The van der Waals surface area contributed by atoms with Crippen LogP contribution in [0.2, 0.25) is 0 Å². The zero-order valence-corrected chi connectivity index (χ0v) is 26.0. The lowest BCUT2D eigenvalue weighted by Crippen LogP contribution is -2.43. The molecule has 1 aliphatic heterocycles. The number of unbranched alkanes of at least 4 members (excludes halogenated alkanes) is 15. The molecule has 2 rings (SSSR count). The molecular formula is C34H59N2O4+. The molecule has 0 bridgehead atoms. The first-order valence-electron chi connectivity index (χ1n) is 16.6. The second kappa shape index (κ2) is 21.8. The topological polar surface area (TPSA) is 59.7 Å². The highest BCUT2D eigenvalue weighted by Gasteiger charge is 2.29. The Bertz CT molecular complexity index is 815. The predicted molar refractivity (Wildman–Crippen MR) is 162 cm³/mol. The first-order valence-corrected chi connectivity index (χ1v) is 16.6. The maximum atomic E-state index is 12.7. The molecule has 2 heterocycles. The minimum Gasteiger partial charge on any atom is -0.446 e. The molecule has 0 aliphatic carbocycles. The number of imide groups is 1. The number of hydrogen-bond donors (Lipinski definition) is 0. The summed E-state index contributed by atoms with van der Waals surface area (Å²) in [4.78, 5) is 26.0. The van der Waals surface area contributed by atoms with Crippen LogP contribution in [0.3, 0.4) is 0 Å². The van der Waals surface area contributed by atoms with Gasteiger partial charge in [-0.05, 0) is 25.7 Å². The summed E-state index contributed by atoms with van der Waals surface area (Å²) in [5, 5.41) is 0. The van der Waals surface area contributed by atoms with Crippen molar-refractivity contribution in [3.05, 3.63) is 30.1 Å². The number of ether oxygens (including phenoxy) is 2. The number of pyridine rings is 1. The molecule has 0 N–H and O–H groups in total. The first-order chi connectivity index (χ1) is 19.5. The lowest BCUT2D eigenvalue weighted by Gasteiger charge is -2.19. The van der Waals surface area contributed by atoms with Crippen LogP contribution in [0.15, 0.2) is 24.4 Å². The van der Waals surface area contributed by atoms with E-state index in [4.69, 9.17) is 9.47 Å². The molecule has 1 aromatic rings. The number of nitrogens with zero attached hydrogens (tertiary/aromatic N) is 2. The van der Waals surface area contributed by atoms with E-state index in [1.165, 1.54) is 121 Å². The molecule has 1 fully saturated rings. The van der Waals surface area contributed by atoms with E-state index < -0.39 is 6.09 Å². The van der Waals surface area contributed by atoms with E-state index in [9.17, 15) is 9.59 Å². The lowest BCUT2D eigenvalue weighted by molar-refractivity contribution is -0.701. The van der Waals surface area contributed by atoms with Crippen LogP contribution in [0.25, 0.3) is 0 Å². The van der Waals surface area contributed by atoms with Crippen molar-refractivity contribution in [2.24, 2.45) is 5.92 Å². The quantitative estimate of drug-likeness (QED) is 0.105. The van der Waals surface area contributed by atoms with Crippen LogP contribution in [-0.2, 0) is 27.4 Å². The zero-order chi connectivity index (χ0) is 28.8. The minimum atomic E-state index is -0.594. The van der Waals surface area contributed by atoms with Crippen molar-refractivity contribution in [1.82, 2.24) is 4.90 Å². The third kappa shape index (κ3) is 14.6. The maximum Gasteiger partial charge on any atom is 0.417 e. The van der Waals surface area contributed by atoms with E-state index in [1.54, 1.807) is 0 Å². The van der Waals surface area contributed by atoms with Crippen molar-refractivity contribution >= 4 is 12.0 Å². The van der Waals surface area contributed by atoms with Crippen LogP contribution >= 0.6 is 0 Å². The Morgan fingerprint density at radius 1 is 0.875 bits per heavy atom. The molecule has 6 nitrogen and oxygen atoms in total. The van der Waals surface area contributed by atoms with E-state index in [0.717, 1.165) is 25.3 Å². The summed E-state index contributed by atoms with van der Waals surface area (Å²) >= 11 is 0. The van der Waals surface area contributed by atoms with Crippen molar-refractivity contribution in [1.29, 1.82) is 0 Å². The Hall–Kier alpha value is -1.95. The standard InChI is InChI=1S/C34H59N2O4/c1-4-6-7-8-9-10-11-12-13-14-15-16-17-18-19-20-23-31-26-33(39-28-31)29-40-34(38)36(30(3)37)27-32-24-21-22-25-35(32)5-2/h21-22,24-25,31,33H,4-20,23,26-29H2,1-3H3/q+1. The second-order valence-corrected chi connectivity index (χ2v) is 11.8. The van der Waals surface area contributed by atoms with E-state index in [1.807, 2.05) is 35.9 Å². The van der Waals surface area contributed by atoms with E-state index in [-0.39, 0.29) is 25.2 Å². The van der Waals surface area contributed by atoms with Crippen molar-refractivity contribution < 1.29 is 23.6 Å². The van der Waals surface area contributed by atoms with Gasteiger partial charge in [0.15, 0.2) is 6.20 Å². The molecule has 0 saturated carbocycles. The van der Waals surface area contributed by atoms with E-state index in [2.05, 4.69) is 6.92 Å². The molecule has 40 heavy (non-hydrogen) atoms. The van der Waals surface area contributed by atoms with Gasteiger partial charge in [0.1, 0.15) is 19.7 Å². The molecule has 2 unspecified atom stereocenters. The Kier molecular flexibility index (Phi) is 18.6. The fraction of sp³-hybridized carbons (Fsp3) is 0.794. The van der Waals surface area contributed by atoms with Gasteiger partial charge in [-0.15, -0.1) is 0 Å².